The molecule has 0 N–H and O–H groups in total. The molecule has 0 bridgehead atoms. The summed E-state index contributed by atoms with van der Waals surface area (Å²) in [5.41, 5.74) is 1.11. The second-order valence-corrected chi connectivity index (χ2v) is 8.38. The number of aromatic nitrogens is 2. The van der Waals surface area contributed by atoms with E-state index in [1.165, 1.54) is 31.3 Å². The van der Waals surface area contributed by atoms with Gasteiger partial charge in [0, 0.05) is 11.8 Å². The lowest BCUT2D eigenvalue weighted by Gasteiger charge is -2.23. The molecule has 32 heavy (non-hydrogen) atoms. The zero-order valence-electron chi connectivity index (χ0n) is 16.8. The number of carbonyl (C=O) groups is 1. The molecule has 2 heterocycles. The Morgan fingerprint density at radius 1 is 1.16 bits per heavy atom. The number of hydrogen-bond acceptors (Lipinski definition) is 7. The van der Waals surface area contributed by atoms with Gasteiger partial charge in [-0.1, -0.05) is 41.6 Å². The van der Waals surface area contributed by atoms with Crippen LogP contribution in [0, 0.1) is 5.82 Å². The van der Waals surface area contributed by atoms with Crippen molar-refractivity contribution in [3.63, 3.8) is 0 Å². The smallest absolute Gasteiger partial charge is 0.344 e. The molecule has 1 aliphatic rings. The Morgan fingerprint density at radius 3 is 2.69 bits per heavy atom. The summed E-state index contributed by atoms with van der Waals surface area (Å²) in [5, 5.41) is 3.71. The lowest BCUT2D eigenvalue weighted by molar-refractivity contribution is -0.140. The van der Waals surface area contributed by atoms with Crippen molar-refractivity contribution in [2.24, 2.45) is 4.40 Å². The van der Waals surface area contributed by atoms with Gasteiger partial charge in [-0.3, -0.25) is 4.31 Å². The molecule has 0 saturated heterocycles. The van der Waals surface area contributed by atoms with E-state index in [0.29, 0.717) is 5.56 Å². The maximum atomic E-state index is 13.4. The van der Waals surface area contributed by atoms with Crippen LogP contribution in [0.25, 0.3) is 11.5 Å². The minimum atomic E-state index is -3.97. The largest absolute Gasteiger partial charge is 0.454 e. The molecule has 0 spiro atoms. The number of hydrogen-bond donors (Lipinski definition) is 0. The average molecular weight is 456 g/mol. The van der Waals surface area contributed by atoms with Crippen molar-refractivity contribution in [1.29, 1.82) is 0 Å². The first-order valence-electron chi connectivity index (χ1n) is 9.42. The van der Waals surface area contributed by atoms with Crippen molar-refractivity contribution in [2.45, 2.75) is 20.1 Å². The van der Waals surface area contributed by atoms with E-state index in [2.05, 4.69) is 14.5 Å². The fourth-order valence-electron chi connectivity index (χ4n) is 2.93. The van der Waals surface area contributed by atoms with Gasteiger partial charge in [0.1, 0.15) is 5.82 Å². The van der Waals surface area contributed by atoms with E-state index in [1.807, 2.05) is 6.07 Å². The summed E-state index contributed by atoms with van der Waals surface area (Å²) >= 11 is 0. The highest BCUT2D eigenvalue weighted by atomic mass is 32.2. The van der Waals surface area contributed by atoms with Gasteiger partial charge in [-0.2, -0.15) is 13.4 Å². The molecular weight excluding hydrogens is 439 g/mol. The zero-order chi connectivity index (χ0) is 22.7. The lowest BCUT2D eigenvalue weighted by Crippen LogP contribution is -2.31. The number of benzene rings is 2. The highest BCUT2D eigenvalue weighted by Crippen LogP contribution is 2.21. The summed E-state index contributed by atoms with van der Waals surface area (Å²) in [6.45, 7) is 1.09. The van der Waals surface area contributed by atoms with Gasteiger partial charge in [0.05, 0.1) is 17.8 Å². The topological polar surface area (TPSA) is 115 Å². The number of rotatable bonds is 6. The van der Waals surface area contributed by atoms with E-state index in [1.54, 1.807) is 30.3 Å². The summed E-state index contributed by atoms with van der Waals surface area (Å²) in [7, 11) is -3.97. The predicted molar refractivity (Wildman–Crippen MR) is 112 cm³/mol. The second kappa shape index (κ2) is 8.71. The third-order valence-electron chi connectivity index (χ3n) is 4.48. The molecular formula is C21H17FN4O5S. The van der Waals surface area contributed by atoms with Crippen molar-refractivity contribution in [3.05, 3.63) is 83.6 Å². The molecule has 4 rings (SSSR count). The SMILES string of the molecule is CC1=NS(=O)(=O)N(Cc2ccccc2)C=C1C(=O)OCc1noc(-c2cccc(F)c2)n1. The standard InChI is InChI=1S/C21H17FN4O5S/c1-14-18(12-26(32(28,29)25-14)11-15-6-3-2-4-7-15)21(27)30-13-19-23-20(31-24-19)16-8-5-9-17(22)10-16/h2-10,12H,11,13H2,1H3. The fraction of sp³-hybridized carbons (Fsp3) is 0.143. The van der Waals surface area contributed by atoms with Gasteiger partial charge in [-0.25, -0.2) is 9.18 Å². The van der Waals surface area contributed by atoms with Gasteiger partial charge in [-0.15, -0.1) is 4.40 Å². The van der Waals surface area contributed by atoms with Crippen molar-refractivity contribution < 1.29 is 26.9 Å². The van der Waals surface area contributed by atoms with Crippen molar-refractivity contribution >= 4 is 21.9 Å². The minimum absolute atomic E-state index is 0.00729. The molecule has 0 radical (unpaired) electrons. The quantitative estimate of drug-likeness (QED) is 0.524. The Hall–Kier alpha value is -3.86. The Bertz CT molecular complexity index is 1320. The van der Waals surface area contributed by atoms with Crippen LogP contribution in [-0.4, -0.2) is 34.5 Å². The maximum absolute atomic E-state index is 13.4. The second-order valence-electron chi connectivity index (χ2n) is 6.83. The van der Waals surface area contributed by atoms with Crippen molar-refractivity contribution in [1.82, 2.24) is 14.4 Å². The molecule has 0 fully saturated rings. The number of esters is 1. The van der Waals surface area contributed by atoms with Gasteiger partial charge >= 0.3 is 16.2 Å². The third-order valence-corrected chi connectivity index (χ3v) is 5.82. The van der Waals surface area contributed by atoms with E-state index >= 15 is 0 Å². The van der Waals surface area contributed by atoms with Crippen LogP contribution in [0.1, 0.15) is 18.3 Å². The number of nitrogens with zero attached hydrogens (tertiary/aromatic N) is 4. The Kier molecular flexibility index (Phi) is 5.82. The summed E-state index contributed by atoms with van der Waals surface area (Å²) in [6.07, 6.45) is 1.20. The molecule has 1 aliphatic heterocycles. The van der Waals surface area contributed by atoms with E-state index in [9.17, 15) is 17.6 Å². The van der Waals surface area contributed by atoms with Gasteiger partial charge in [-0.05, 0) is 30.7 Å². The highest BCUT2D eigenvalue weighted by molar-refractivity contribution is 7.88. The molecule has 0 unspecified atom stereocenters. The summed E-state index contributed by atoms with van der Waals surface area (Å²) in [6, 6.07) is 14.5. The lowest BCUT2D eigenvalue weighted by atomic mass is 10.2. The molecule has 9 nitrogen and oxygen atoms in total. The summed E-state index contributed by atoms with van der Waals surface area (Å²) in [5.74, 6) is -1.11. The maximum Gasteiger partial charge on any atom is 0.344 e. The summed E-state index contributed by atoms with van der Waals surface area (Å²) in [4.78, 5) is 16.7. The van der Waals surface area contributed by atoms with Crippen LogP contribution in [0.3, 0.4) is 0 Å². The molecule has 0 amide bonds. The number of ether oxygens (including phenoxy) is 1. The van der Waals surface area contributed by atoms with Crippen LogP contribution in [0.5, 0.6) is 0 Å². The van der Waals surface area contributed by atoms with E-state index < -0.39 is 22.0 Å². The normalized spacial score (nSPS) is 15.1. The van der Waals surface area contributed by atoms with Gasteiger partial charge < -0.3 is 9.26 Å². The molecule has 0 atom stereocenters. The number of carbonyl (C=O) groups excluding carboxylic acids is 1. The molecule has 1 aromatic heterocycles. The minimum Gasteiger partial charge on any atom is -0.454 e. The van der Waals surface area contributed by atoms with Crippen LogP contribution in [0.4, 0.5) is 4.39 Å². The predicted octanol–water partition coefficient (Wildman–Crippen LogP) is 3.02. The highest BCUT2D eigenvalue weighted by Gasteiger charge is 2.29. The molecule has 3 aromatic rings. The Balaban J connectivity index is 1.47. The van der Waals surface area contributed by atoms with Gasteiger partial charge in [0.15, 0.2) is 6.61 Å². The van der Waals surface area contributed by atoms with Crippen LogP contribution in [-0.2, 0) is 32.9 Å². The molecule has 164 valence electrons. The first kappa shape index (κ1) is 21.4. The zero-order valence-corrected chi connectivity index (χ0v) is 17.6. The first-order valence-corrected chi connectivity index (χ1v) is 10.8. The third kappa shape index (κ3) is 4.72. The Morgan fingerprint density at radius 2 is 1.94 bits per heavy atom. The van der Waals surface area contributed by atoms with Crippen LogP contribution >= 0.6 is 0 Å². The van der Waals surface area contributed by atoms with Crippen molar-refractivity contribution in [3.8, 4) is 11.5 Å². The average Bonchev–Trinajstić information content (AvgIpc) is 3.23. The van der Waals surface area contributed by atoms with E-state index in [4.69, 9.17) is 9.26 Å². The van der Waals surface area contributed by atoms with E-state index in [0.717, 1.165) is 9.87 Å². The molecule has 11 heteroatoms. The van der Waals surface area contributed by atoms with Crippen LogP contribution in [0.2, 0.25) is 0 Å². The van der Waals surface area contributed by atoms with Crippen LogP contribution < -0.4 is 0 Å². The van der Waals surface area contributed by atoms with Crippen LogP contribution in [0.15, 0.2) is 75.3 Å². The monoisotopic (exact) mass is 456 g/mol. The van der Waals surface area contributed by atoms with Gasteiger partial charge in [0.2, 0.25) is 5.82 Å². The Labute approximate surface area is 183 Å². The van der Waals surface area contributed by atoms with Gasteiger partial charge in [0.25, 0.3) is 5.89 Å². The molecule has 2 aromatic carbocycles. The fourth-order valence-corrected chi connectivity index (χ4v) is 4.03. The number of halogens is 1. The van der Waals surface area contributed by atoms with E-state index in [-0.39, 0.29) is 36.2 Å². The molecule has 0 saturated carbocycles. The van der Waals surface area contributed by atoms with Crippen molar-refractivity contribution in [2.75, 3.05) is 0 Å². The molecule has 0 aliphatic carbocycles. The summed E-state index contributed by atoms with van der Waals surface area (Å²) < 4.78 is 53.0. The first-order chi connectivity index (χ1) is 15.3.